The first kappa shape index (κ1) is 7.15. The Hall–Kier alpha value is -0.960. The minimum absolute atomic E-state index is 0.716. The van der Waals surface area contributed by atoms with E-state index in [1.807, 2.05) is 0 Å². The molecule has 0 spiro atoms. The molecule has 0 saturated heterocycles. The van der Waals surface area contributed by atoms with Gasteiger partial charge < -0.3 is 4.74 Å². The fourth-order valence-corrected chi connectivity index (χ4v) is 0.639. The molecule has 0 aliphatic carbocycles. The third-order valence-electron chi connectivity index (χ3n) is 1.17. The Kier molecular flexibility index (Phi) is 2.83. The van der Waals surface area contributed by atoms with E-state index in [9.17, 15) is 0 Å². The van der Waals surface area contributed by atoms with Crippen LogP contribution in [-0.4, -0.2) is 23.7 Å². The zero-order valence-electron chi connectivity index (χ0n) is 5.87. The fraction of sp³-hybridized carbons (Fsp3) is 0.429. The second kappa shape index (κ2) is 3.95. The first-order chi connectivity index (χ1) is 4.93. The lowest BCUT2D eigenvalue weighted by molar-refractivity contribution is 0.202. The summed E-state index contributed by atoms with van der Waals surface area (Å²) in [4.78, 5) is 7.49. The fourth-order valence-electron chi connectivity index (χ4n) is 0.639. The maximum absolute atomic E-state index is 4.88. The smallest absolute Gasteiger partial charge is 0.197 e. The molecule has 1 radical (unpaired) electrons. The van der Waals surface area contributed by atoms with E-state index >= 15 is 0 Å². The van der Waals surface area contributed by atoms with E-state index in [-0.39, 0.29) is 0 Å². The first-order valence-corrected chi connectivity index (χ1v) is 3.09. The van der Waals surface area contributed by atoms with Gasteiger partial charge in [0.1, 0.15) is 0 Å². The molecule has 1 aromatic rings. The average Bonchev–Trinajstić information content (AvgIpc) is 2.03. The van der Waals surface area contributed by atoms with E-state index in [0.29, 0.717) is 6.61 Å². The predicted molar refractivity (Wildman–Crippen MR) is 36.4 cm³/mol. The van der Waals surface area contributed by atoms with Gasteiger partial charge in [0, 0.05) is 19.5 Å². The van der Waals surface area contributed by atoms with Crippen LogP contribution in [0.25, 0.3) is 0 Å². The first-order valence-electron chi connectivity index (χ1n) is 3.09. The van der Waals surface area contributed by atoms with Gasteiger partial charge in [-0.15, -0.1) is 0 Å². The van der Waals surface area contributed by atoms with Gasteiger partial charge in [-0.1, -0.05) is 0 Å². The van der Waals surface area contributed by atoms with Crippen molar-refractivity contribution in [3.63, 3.8) is 0 Å². The number of hydrogen-bond donors (Lipinski definition) is 0. The van der Waals surface area contributed by atoms with Crippen LogP contribution >= 0.6 is 0 Å². The highest BCUT2D eigenvalue weighted by Crippen LogP contribution is 1.92. The maximum atomic E-state index is 4.88. The van der Waals surface area contributed by atoms with Crippen molar-refractivity contribution < 1.29 is 4.74 Å². The van der Waals surface area contributed by atoms with Gasteiger partial charge in [0.05, 0.1) is 6.61 Å². The van der Waals surface area contributed by atoms with Crippen LogP contribution in [0.5, 0.6) is 0 Å². The van der Waals surface area contributed by atoms with Crippen molar-refractivity contribution in [1.82, 2.24) is 9.97 Å². The van der Waals surface area contributed by atoms with Gasteiger partial charge in [-0.25, -0.2) is 9.97 Å². The van der Waals surface area contributed by atoms with Crippen LogP contribution in [0.3, 0.4) is 0 Å². The lowest BCUT2D eigenvalue weighted by atomic mass is 10.3. The molecule has 0 bridgehead atoms. The molecule has 0 aliphatic heterocycles. The highest BCUT2D eigenvalue weighted by molar-refractivity contribution is 5.01. The number of nitrogens with zero attached hydrogens (tertiary/aromatic N) is 2. The van der Waals surface area contributed by atoms with E-state index in [1.54, 1.807) is 19.5 Å². The Morgan fingerprint density at radius 3 is 2.80 bits per heavy atom. The number of ether oxygens (including phenoxy) is 1. The van der Waals surface area contributed by atoms with Gasteiger partial charge in [0.25, 0.3) is 0 Å². The van der Waals surface area contributed by atoms with Crippen LogP contribution in [0.1, 0.15) is 5.56 Å². The summed E-state index contributed by atoms with van der Waals surface area (Å²) in [5, 5.41) is 0. The van der Waals surface area contributed by atoms with Crippen LogP contribution in [0, 0.1) is 6.33 Å². The van der Waals surface area contributed by atoms with Crippen LogP contribution in [-0.2, 0) is 11.2 Å². The maximum Gasteiger partial charge on any atom is 0.197 e. The van der Waals surface area contributed by atoms with Gasteiger partial charge in [-0.3, -0.25) is 0 Å². The molecular formula is C7H9N2O. The largest absolute Gasteiger partial charge is 0.384 e. The number of methoxy groups -OCH3 is 1. The third kappa shape index (κ3) is 2.11. The minimum Gasteiger partial charge on any atom is -0.384 e. The van der Waals surface area contributed by atoms with Crippen molar-refractivity contribution >= 4 is 0 Å². The lowest BCUT2D eigenvalue weighted by Gasteiger charge is -1.95. The van der Waals surface area contributed by atoms with Gasteiger partial charge in [0.15, 0.2) is 6.33 Å². The van der Waals surface area contributed by atoms with E-state index in [0.717, 1.165) is 12.0 Å². The summed E-state index contributed by atoms with van der Waals surface area (Å²) in [5.41, 5.74) is 1.08. The standard InChI is InChI=1S/C7H9N2O/c1-10-3-2-7-4-8-6-9-5-7/h4-5H,2-3H2,1H3. The summed E-state index contributed by atoms with van der Waals surface area (Å²) >= 11 is 0. The zero-order valence-corrected chi connectivity index (χ0v) is 5.87. The molecule has 0 fully saturated rings. The van der Waals surface area contributed by atoms with Crippen LogP contribution < -0.4 is 0 Å². The van der Waals surface area contributed by atoms with E-state index in [2.05, 4.69) is 16.3 Å². The molecule has 0 aromatic carbocycles. The Balaban J connectivity index is 2.43. The highest BCUT2D eigenvalue weighted by atomic mass is 16.5. The molecule has 1 aromatic heterocycles. The average molecular weight is 137 g/mol. The van der Waals surface area contributed by atoms with Crippen molar-refractivity contribution in [2.24, 2.45) is 0 Å². The monoisotopic (exact) mass is 137 g/mol. The van der Waals surface area contributed by atoms with Crippen molar-refractivity contribution in [3.8, 4) is 0 Å². The topological polar surface area (TPSA) is 35.0 Å². The highest BCUT2D eigenvalue weighted by Gasteiger charge is 1.89. The SMILES string of the molecule is COCCc1cn[c]nc1. The molecular weight excluding hydrogens is 128 g/mol. The summed E-state index contributed by atoms with van der Waals surface area (Å²) in [5.74, 6) is 0. The normalized spacial score (nSPS) is 9.70. The quantitative estimate of drug-likeness (QED) is 0.607. The number of hydrogen-bond acceptors (Lipinski definition) is 3. The molecule has 0 unspecified atom stereocenters. The van der Waals surface area contributed by atoms with Gasteiger partial charge in [0.2, 0.25) is 0 Å². The van der Waals surface area contributed by atoms with Crippen molar-refractivity contribution in [1.29, 1.82) is 0 Å². The summed E-state index contributed by atoms with van der Waals surface area (Å²) in [6, 6.07) is 0. The Morgan fingerprint density at radius 2 is 2.20 bits per heavy atom. The Labute approximate surface area is 60.1 Å². The van der Waals surface area contributed by atoms with E-state index in [4.69, 9.17) is 4.74 Å². The number of rotatable bonds is 3. The molecule has 1 rings (SSSR count). The molecule has 3 heteroatoms. The van der Waals surface area contributed by atoms with Gasteiger partial charge in [-0.2, -0.15) is 0 Å². The Morgan fingerprint density at radius 1 is 1.50 bits per heavy atom. The Bertz CT molecular complexity index is 176. The lowest BCUT2D eigenvalue weighted by Crippen LogP contribution is -1.95. The summed E-state index contributed by atoms with van der Waals surface area (Å²) in [7, 11) is 1.68. The molecule has 53 valence electrons. The van der Waals surface area contributed by atoms with Crippen molar-refractivity contribution in [2.45, 2.75) is 6.42 Å². The van der Waals surface area contributed by atoms with Crippen LogP contribution in [0.4, 0.5) is 0 Å². The molecule has 1 heterocycles. The molecule has 10 heavy (non-hydrogen) atoms. The van der Waals surface area contributed by atoms with Crippen LogP contribution in [0.15, 0.2) is 12.4 Å². The van der Waals surface area contributed by atoms with E-state index in [1.165, 1.54) is 0 Å². The summed E-state index contributed by atoms with van der Waals surface area (Å²) < 4.78 is 4.88. The summed E-state index contributed by atoms with van der Waals surface area (Å²) in [6.07, 6.45) is 6.82. The molecule has 0 aliphatic rings. The van der Waals surface area contributed by atoms with Gasteiger partial charge >= 0.3 is 0 Å². The molecule has 0 amide bonds. The van der Waals surface area contributed by atoms with Gasteiger partial charge in [-0.05, 0) is 12.0 Å². The summed E-state index contributed by atoms with van der Waals surface area (Å²) in [6.45, 7) is 0.716. The molecule has 0 saturated carbocycles. The molecule has 0 atom stereocenters. The van der Waals surface area contributed by atoms with Crippen molar-refractivity contribution in [3.05, 3.63) is 24.3 Å². The van der Waals surface area contributed by atoms with Crippen LogP contribution in [0.2, 0.25) is 0 Å². The van der Waals surface area contributed by atoms with Crippen molar-refractivity contribution in [2.75, 3.05) is 13.7 Å². The predicted octanol–water partition coefficient (Wildman–Crippen LogP) is 0.466. The second-order valence-corrected chi connectivity index (χ2v) is 1.93. The zero-order chi connectivity index (χ0) is 7.23. The third-order valence-corrected chi connectivity index (χ3v) is 1.17. The minimum atomic E-state index is 0.716. The number of aromatic nitrogens is 2. The molecule has 3 nitrogen and oxygen atoms in total. The van der Waals surface area contributed by atoms with E-state index < -0.39 is 0 Å². The second-order valence-electron chi connectivity index (χ2n) is 1.93. The molecule has 0 N–H and O–H groups in total.